The molecule has 1 N–H and O–H groups in total. The minimum absolute atomic E-state index is 0.0610. The second-order valence-corrected chi connectivity index (χ2v) is 7.10. The fraction of sp³-hybridized carbons (Fsp3) is 0.208. The largest absolute Gasteiger partial charge is 0.494 e. The summed E-state index contributed by atoms with van der Waals surface area (Å²) in [6.45, 7) is 2.77. The molecule has 3 rings (SSSR count). The van der Waals surface area contributed by atoms with Crippen molar-refractivity contribution < 1.29 is 23.8 Å². The van der Waals surface area contributed by atoms with Gasteiger partial charge in [0.05, 0.1) is 19.2 Å². The smallest absolute Gasteiger partial charge is 0.271 e. The van der Waals surface area contributed by atoms with Gasteiger partial charge in [0.15, 0.2) is 17.6 Å². The first kappa shape index (κ1) is 22.6. The third-order valence-electron chi connectivity index (χ3n) is 5.04. The van der Waals surface area contributed by atoms with Crippen molar-refractivity contribution in [1.29, 1.82) is 5.26 Å². The van der Waals surface area contributed by atoms with Crippen molar-refractivity contribution in [3.8, 4) is 23.4 Å². The van der Waals surface area contributed by atoms with E-state index in [2.05, 4.69) is 0 Å². The Kier molecular flexibility index (Phi) is 6.59. The lowest BCUT2D eigenvalue weighted by Crippen LogP contribution is -2.31. The molecular formula is C24H21FN2O5. The van der Waals surface area contributed by atoms with E-state index < -0.39 is 29.1 Å². The zero-order valence-corrected chi connectivity index (χ0v) is 17.8. The van der Waals surface area contributed by atoms with Crippen molar-refractivity contribution in [3.05, 3.63) is 87.0 Å². The molecule has 0 amide bonds. The van der Waals surface area contributed by atoms with Crippen LogP contribution in [0.15, 0.2) is 53.3 Å². The number of hydrogen-bond acceptors (Lipinski definition) is 6. The maximum Gasteiger partial charge on any atom is 0.271 e. The maximum atomic E-state index is 13.2. The van der Waals surface area contributed by atoms with Gasteiger partial charge >= 0.3 is 0 Å². The molecule has 8 heteroatoms. The summed E-state index contributed by atoms with van der Waals surface area (Å²) in [6.07, 6.45) is -1.06. The van der Waals surface area contributed by atoms with Gasteiger partial charge in [0.1, 0.15) is 17.4 Å². The van der Waals surface area contributed by atoms with Crippen LogP contribution < -0.4 is 15.0 Å². The molecule has 0 radical (unpaired) electrons. The topological polar surface area (TPSA) is 102 Å². The van der Waals surface area contributed by atoms with Crippen molar-refractivity contribution in [2.75, 3.05) is 7.11 Å². The first-order chi connectivity index (χ1) is 15.3. The molecule has 0 fully saturated rings. The Labute approximate surface area is 183 Å². The number of ketones is 1. The van der Waals surface area contributed by atoms with Crippen molar-refractivity contribution in [3.63, 3.8) is 0 Å². The Morgan fingerprint density at radius 2 is 1.81 bits per heavy atom. The van der Waals surface area contributed by atoms with E-state index in [1.165, 1.54) is 45.2 Å². The monoisotopic (exact) mass is 436 g/mol. The zero-order chi connectivity index (χ0) is 23.4. The number of halogens is 1. The third-order valence-corrected chi connectivity index (χ3v) is 5.04. The molecule has 0 aliphatic rings. The number of nitrogens with zero attached hydrogens (tertiary/aromatic N) is 2. The first-order valence-electron chi connectivity index (χ1n) is 9.73. The van der Waals surface area contributed by atoms with Crippen LogP contribution in [0.4, 0.5) is 4.39 Å². The van der Waals surface area contributed by atoms with Gasteiger partial charge in [-0.2, -0.15) is 5.26 Å². The molecule has 0 aliphatic carbocycles. The number of benzene rings is 2. The van der Waals surface area contributed by atoms with Gasteiger partial charge in [-0.05, 0) is 49.2 Å². The van der Waals surface area contributed by atoms with Gasteiger partial charge in [0.2, 0.25) is 11.7 Å². The molecule has 7 nitrogen and oxygen atoms in total. The Bertz CT molecular complexity index is 1260. The van der Waals surface area contributed by atoms with Gasteiger partial charge < -0.3 is 14.6 Å². The molecule has 0 bridgehead atoms. The van der Waals surface area contributed by atoms with Crippen LogP contribution in [0, 0.1) is 24.1 Å². The van der Waals surface area contributed by atoms with Gasteiger partial charge in [0, 0.05) is 0 Å². The number of pyridine rings is 1. The van der Waals surface area contributed by atoms with Crippen molar-refractivity contribution in [1.82, 2.24) is 4.57 Å². The van der Waals surface area contributed by atoms with E-state index in [0.717, 1.165) is 4.57 Å². The van der Waals surface area contributed by atoms with E-state index in [0.29, 0.717) is 17.1 Å². The fourth-order valence-corrected chi connectivity index (χ4v) is 3.33. The molecule has 1 aromatic heterocycles. The minimum atomic E-state index is -1.06. The second kappa shape index (κ2) is 9.35. The normalized spacial score (nSPS) is 11.5. The predicted molar refractivity (Wildman–Crippen MR) is 115 cm³/mol. The van der Waals surface area contributed by atoms with E-state index in [4.69, 9.17) is 9.47 Å². The Hall–Kier alpha value is -4.12. The van der Waals surface area contributed by atoms with Crippen LogP contribution in [-0.4, -0.2) is 28.7 Å². The number of hydrogen-bond donors (Lipinski definition) is 1. The van der Waals surface area contributed by atoms with Gasteiger partial charge in [-0.1, -0.05) is 24.3 Å². The number of methoxy groups -OCH3 is 1. The third kappa shape index (κ3) is 4.32. The number of para-hydroxylation sites is 2. The standard InChI is InChI=1S/C24H21FN2O5/c1-14-18(12-26)23(29)27(13-16-8-10-17(25)11-9-16)24(30)21(14)22(28)15(2)32-20-7-5-4-6-19(20)31-3/h4-11,15,30H,13H2,1-3H3. The maximum absolute atomic E-state index is 13.2. The number of Topliss-reactive ketones (excluding diaryl/α,β-unsaturated/α-hetero) is 1. The molecule has 0 aliphatic heterocycles. The highest BCUT2D eigenvalue weighted by atomic mass is 19.1. The van der Waals surface area contributed by atoms with Gasteiger partial charge in [0.25, 0.3) is 5.56 Å². The average molecular weight is 436 g/mol. The van der Waals surface area contributed by atoms with Crippen LogP contribution in [0.3, 0.4) is 0 Å². The number of carbonyl (C=O) groups is 1. The van der Waals surface area contributed by atoms with Gasteiger partial charge in [-0.15, -0.1) is 0 Å². The summed E-state index contributed by atoms with van der Waals surface area (Å²) >= 11 is 0. The number of aromatic nitrogens is 1. The Morgan fingerprint density at radius 3 is 2.41 bits per heavy atom. The number of nitriles is 1. The van der Waals surface area contributed by atoms with E-state index in [-0.39, 0.29) is 23.2 Å². The molecule has 164 valence electrons. The minimum Gasteiger partial charge on any atom is -0.494 e. The quantitative estimate of drug-likeness (QED) is 0.568. The van der Waals surface area contributed by atoms with Gasteiger partial charge in [-0.25, -0.2) is 4.39 Å². The molecule has 3 aromatic rings. The lowest BCUT2D eigenvalue weighted by molar-refractivity contribution is 0.0808. The summed E-state index contributed by atoms with van der Waals surface area (Å²) in [6, 6.07) is 13.9. The van der Waals surface area contributed by atoms with Crippen LogP contribution in [-0.2, 0) is 6.54 Å². The Balaban J connectivity index is 2.05. The number of carbonyl (C=O) groups excluding carboxylic acids is 1. The lowest BCUT2D eigenvalue weighted by Gasteiger charge is -2.19. The lowest BCUT2D eigenvalue weighted by atomic mass is 9.99. The summed E-state index contributed by atoms with van der Waals surface area (Å²) in [5.41, 5.74) is -0.635. The van der Waals surface area contributed by atoms with E-state index >= 15 is 0 Å². The summed E-state index contributed by atoms with van der Waals surface area (Å²) in [7, 11) is 1.47. The molecular weight excluding hydrogens is 415 g/mol. The fourth-order valence-electron chi connectivity index (χ4n) is 3.33. The summed E-state index contributed by atoms with van der Waals surface area (Å²) < 4.78 is 25.1. The van der Waals surface area contributed by atoms with Crippen LogP contribution in [0.25, 0.3) is 0 Å². The summed E-state index contributed by atoms with van der Waals surface area (Å²) in [5, 5.41) is 20.4. The van der Waals surface area contributed by atoms with E-state index in [1.807, 2.05) is 6.07 Å². The van der Waals surface area contributed by atoms with Crippen LogP contribution in [0.1, 0.15) is 34.0 Å². The second-order valence-electron chi connectivity index (χ2n) is 7.10. The highest BCUT2D eigenvalue weighted by molar-refractivity contribution is 6.03. The highest BCUT2D eigenvalue weighted by Crippen LogP contribution is 2.29. The molecule has 2 aromatic carbocycles. The highest BCUT2D eigenvalue weighted by Gasteiger charge is 2.28. The number of aromatic hydroxyl groups is 1. The summed E-state index contributed by atoms with van der Waals surface area (Å²) in [4.78, 5) is 26.0. The molecule has 1 heterocycles. The van der Waals surface area contributed by atoms with Crippen LogP contribution in [0.5, 0.6) is 17.4 Å². The molecule has 0 saturated carbocycles. The molecule has 1 atom stereocenters. The van der Waals surface area contributed by atoms with Crippen molar-refractivity contribution in [2.24, 2.45) is 0 Å². The molecule has 0 spiro atoms. The number of ether oxygens (including phenoxy) is 2. The number of rotatable bonds is 7. The average Bonchev–Trinajstić information content (AvgIpc) is 2.78. The SMILES string of the molecule is COc1ccccc1OC(C)C(=O)c1c(C)c(C#N)c(=O)n(Cc2ccc(F)cc2)c1O. The Morgan fingerprint density at radius 1 is 1.19 bits per heavy atom. The zero-order valence-electron chi connectivity index (χ0n) is 17.8. The molecule has 1 unspecified atom stereocenters. The van der Waals surface area contributed by atoms with Crippen LogP contribution >= 0.6 is 0 Å². The molecule has 0 saturated heterocycles. The van der Waals surface area contributed by atoms with E-state index in [9.17, 15) is 24.3 Å². The van der Waals surface area contributed by atoms with Crippen LogP contribution in [0.2, 0.25) is 0 Å². The molecule has 32 heavy (non-hydrogen) atoms. The van der Waals surface area contributed by atoms with Gasteiger partial charge in [-0.3, -0.25) is 14.2 Å². The predicted octanol–water partition coefficient (Wildman–Crippen LogP) is 3.58. The van der Waals surface area contributed by atoms with Crippen molar-refractivity contribution in [2.45, 2.75) is 26.5 Å². The summed E-state index contributed by atoms with van der Waals surface area (Å²) in [5.74, 6) is -0.906. The van der Waals surface area contributed by atoms with E-state index in [1.54, 1.807) is 24.3 Å². The van der Waals surface area contributed by atoms with Crippen molar-refractivity contribution >= 4 is 5.78 Å². The first-order valence-corrected chi connectivity index (χ1v) is 9.73.